The maximum atomic E-state index is 12.4. The summed E-state index contributed by atoms with van der Waals surface area (Å²) in [6, 6.07) is 1.01. The molecule has 4 nitrogen and oxygen atoms in total. The molecule has 5 heteroatoms. The number of nitrogens with one attached hydrogen (secondary N) is 1. The first-order valence-electron chi connectivity index (χ1n) is 8.03. The fraction of sp³-hybridized carbons (Fsp3) is 0.300. The molecule has 25 heavy (non-hydrogen) atoms. The third-order valence-electron chi connectivity index (χ3n) is 3.09. The van der Waals surface area contributed by atoms with E-state index in [-0.39, 0.29) is 0 Å². The summed E-state index contributed by atoms with van der Waals surface area (Å²) < 4.78 is 17.9. The molecule has 0 heterocycles. The van der Waals surface area contributed by atoms with E-state index in [1.54, 1.807) is 25.2 Å². The van der Waals surface area contributed by atoms with E-state index in [9.17, 15) is 14.4 Å². The van der Waals surface area contributed by atoms with Crippen LogP contribution in [0.5, 0.6) is 0 Å². The average molecular weight is 344 g/mol. The highest BCUT2D eigenvalue weighted by atomic mass is 19.1. The van der Waals surface area contributed by atoms with Crippen LogP contribution in [0, 0.1) is 11.3 Å². The van der Waals surface area contributed by atoms with Crippen molar-refractivity contribution in [2.24, 2.45) is 0 Å². The number of carbonyl (C=O) groups excluding carboxylic acids is 1. The molecule has 0 rings (SSSR count). The average Bonchev–Trinajstić information content (AvgIpc) is 2.63. The van der Waals surface area contributed by atoms with Gasteiger partial charge in [0.1, 0.15) is 11.8 Å². The largest absolute Gasteiger partial charge is 0.481 e. The lowest BCUT2D eigenvalue weighted by molar-refractivity contribution is -0.130. The van der Waals surface area contributed by atoms with Gasteiger partial charge in [-0.05, 0) is 36.6 Å². The van der Waals surface area contributed by atoms with Crippen molar-refractivity contribution < 1.29 is 13.9 Å². The zero-order valence-corrected chi connectivity index (χ0v) is 14.7. The Kier molecular flexibility index (Phi) is 12.0. The highest BCUT2D eigenvalue weighted by Gasteiger charge is 2.22. The van der Waals surface area contributed by atoms with Crippen LogP contribution in [0.25, 0.3) is 0 Å². The van der Waals surface area contributed by atoms with Gasteiger partial charge in [-0.2, -0.15) is 5.26 Å². The second kappa shape index (κ2) is 13.6. The maximum Gasteiger partial charge on any atom is 0.262 e. The molecule has 2 atom stereocenters. The van der Waals surface area contributed by atoms with Gasteiger partial charge in [-0.25, -0.2) is 4.39 Å². The molecule has 0 aliphatic heterocycles. The predicted octanol–water partition coefficient (Wildman–Crippen LogP) is 4.42. The molecule has 0 aromatic rings. The molecule has 0 spiro atoms. The molecule has 1 N–H and O–H groups in total. The molecule has 0 aliphatic rings. The highest BCUT2D eigenvalue weighted by Crippen LogP contribution is 2.11. The van der Waals surface area contributed by atoms with Crippen LogP contribution in [0.15, 0.2) is 73.4 Å². The normalized spacial score (nSPS) is 14.8. The minimum atomic E-state index is -0.947. The number of amides is 1. The Morgan fingerprint density at radius 2 is 2.08 bits per heavy atom. The van der Waals surface area contributed by atoms with E-state index in [2.05, 4.69) is 18.5 Å². The van der Waals surface area contributed by atoms with Crippen LogP contribution in [0.4, 0.5) is 4.39 Å². The van der Waals surface area contributed by atoms with Crippen LogP contribution in [-0.2, 0) is 9.53 Å². The Bertz CT molecular complexity index is 610. The van der Waals surface area contributed by atoms with Gasteiger partial charge in [-0.1, -0.05) is 51.3 Å². The summed E-state index contributed by atoms with van der Waals surface area (Å²) in [5.74, 6) is 0.0677. The SMILES string of the molecule is C=C/C=C(\C=C/CC)OC(CC)C(=O)NC(C#N)/C(C=C)=C/C=C/F. The van der Waals surface area contributed by atoms with Gasteiger partial charge >= 0.3 is 0 Å². The van der Waals surface area contributed by atoms with E-state index in [0.717, 1.165) is 12.5 Å². The molecular formula is C20H25FN2O2. The zero-order valence-electron chi connectivity index (χ0n) is 14.7. The van der Waals surface area contributed by atoms with Crippen LogP contribution >= 0.6 is 0 Å². The van der Waals surface area contributed by atoms with Gasteiger partial charge in [0.05, 0.1) is 12.4 Å². The number of hydrogen-bond donors (Lipinski definition) is 1. The molecule has 134 valence electrons. The fourth-order valence-corrected chi connectivity index (χ4v) is 1.83. The highest BCUT2D eigenvalue weighted by molar-refractivity contribution is 5.82. The number of carbonyl (C=O) groups is 1. The Hall–Kier alpha value is -2.87. The fourth-order valence-electron chi connectivity index (χ4n) is 1.83. The van der Waals surface area contributed by atoms with Crippen LogP contribution < -0.4 is 5.32 Å². The van der Waals surface area contributed by atoms with Crippen LogP contribution in [0.2, 0.25) is 0 Å². The summed E-state index contributed by atoms with van der Waals surface area (Å²) in [5.41, 5.74) is 0.382. The monoisotopic (exact) mass is 344 g/mol. The summed E-state index contributed by atoms with van der Waals surface area (Å²) in [5, 5.41) is 11.8. The molecule has 0 radical (unpaired) electrons. The zero-order chi connectivity index (χ0) is 19.1. The first-order chi connectivity index (χ1) is 12.1. The van der Waals surface area contributed by atoms with Crippen LogP contribution in [-0.4, -0.2) is 18.1 Å². The van der Waals surface area contributed by atoms with Crippen molar-refractivity contribution in [1.82, 2.24) is 5.32 Å². The van der Waals surface area contributed by atoms with E-state index in [1.807, 2.05) is 19.1 Å². The molecule has 0 fully saturated rings. The molecule has 1 amide bonds. The second-order valence-electron chi connectivity index (χ2n) is 4.89. The van der Waals surface area contributed by atoms with Gasteiger partial charge in [0.15, 0.2) is 6.10 Å². The van der Waals surface area contributed by atoms with Crippen molar-refractivity contribution in [2.45, 2.75) is 38.8 Å². The number of ether oxygens (including phenoxy) is 1. The summed E-state index contributed by atoms with van der Waals surface area (Å²) in [4.78, 5) is 12.4. The first-order valence-corrected chi connectivity index (χ1v) is 8.03. The molecule has 0 saturated carbocycles. The number of halogens is 1. The van der Waals surface area contributed by atoms with Gasteiger partial charge in [0, 0.05) is 0 Å². The first kappa shape index (κ1) is 22.1. The quantitative estimate of drug-likeness (QED) is 0.446. The minimum Gasteiger partial charge on any atom is -0.481 e. The van der Waals surface area contributed by atoms with Crippen molar-refractivity contribution in [3.8, 4) is 6.07 Å². The van der Waals surface area contributed by atoms with Crippen LogP contribution in [0.1, 0.15) is 26.7 Å². The van der Waals surface area contributed by atoms with Crippen molar-refractivity contribution in [1.29, 1.82) is 5.26 Å². The van der Waals surface area contributed by atoms with Gasteiger partial charge in [0.2, 0.25) is 0 Å². The molecule has 0 aromatic heterocycles. The number of allylic oxidation sites excluding steroid dienone is 6. The lowest BCUT2D eigenvalue weighted by Gasteiger charge is -2.20. The number of nitriles is 1. The minimum absolute atomic E-state index is 0.337. The number of hydrogen-bond acceptors (Lipinski definition) is 3. The van der Waals surface area contributed by atoms with E-state index in [4.69, 9.17) is 4.74 Å². The van der Waals surface area contributed by atoms with Gasteiger partial charge < -0.3 is 10.1 Å². The Morgan fingerprint density at radius 1 is 1.36 bits per heavy atom. The topological polar surface area (TPSA) is 62.1 Å². The lowest BCUT2D eigenvalue weighted by atomic mass is 10.1. The smallest absolute Gasteiger partial charge is 0.262 e. The van der Waals surface area contributed by atoms with Gasteiger partial charge in [-0.15, -0.1) is 0 Å². The molecular weight excluding hydrogens is 319 g/mol. The van der Waals surface area contributed by atoms with Gasteiger partial charge in [-0.3, -0.25) is 4.79 Å². The van der Waals surface area contributed by atoms with Crippen molar-refractivity contribution in [3.05, 3.63) is 73.4 Å². The summed E-state index contributed by atoms with van der Waals surface area (Å²) in [7, 11) is 0. The Morgan fingerprint density at radius 3 is 2.56 bits per heavy atom. The van der Waals surface area contributed by atoms with E-state index >= 15 is 0 Å². The Balaban J connectivity index is 5.22. The van der Waals surface area contributed by atoms with E-state index in [0.29, 0.717) is 24.1 Å². The lowest BCUT2D eigenvalue weighted by Crippen LogP contribution is -2.42. The van der Waals surface area contributed by atoms with Crippen LogP contribution in [0.3, 0.4) is 0 Å². The summed E-state index contributed by atoms with van der Waals surface area (Å²) >= 11 is 0. The second-order valence-corrected chi connectivity index (χ2v) is 4.89. The molecule has 2 unspecified atom stereocenters. The van der Waals surface area contributed by atoms with E-state index in [1.165, 1.54) is 12.2 Å². The number of nitrogens with zero attached hydrogens (tertiary/aromatic N) is 1. The van der Waals surface area contributed by atoms with Crippen molar-refractivity contribution in [2.75, 3.05) is 0 Å². The maximum absolute atomic E-state index is 12.4. The van der Waals surface area contributed by atoms with Crippen molar-refractivity contribution in [3.63, 3.8) is 0 Å². The molecule has 0 saturated heterocycles. The van der Waals surface area contributed by atoms with Gasteiger partial charge in [0.25, 0.3) is 5.91 Å². The third kappa shape index (κ3) is 8.52. The standard InChI is InChI=1S/C20H25FN2O2/c1-5-9-13-17(11-6-2)25-19(8-4)20(24)23-18(15-22)16(7-3)12-10-14-21/h6-7,9-14,18-19H,2-3,5,8H2,1,4H3,(H,23,24)/b13-9-,14-10+,16-12+,17-11+. The summed E-state index contributed by atoms with van der Waals surface area (Å²) in [6.07, 6.45) is 11.6. The number of rotatable bonds is 11. The Labute approximate surface area is 149 Å². The van der Waals surface area contributed by atoms with E-state index < -0.39 is 18.1 Å². The third-order valence-corrected chi connectivity index (χ3v) is 3.09. The molecule has 0 aliphatic carbocycles. The summed E-state index contributed by atoms with van der Waals surface area (Å²) in [6.45, 7) is 11.0. The predicted molar refractivity (Wildman–Crippen MR) is 98.9 cm³/mol. The van der Waals surface area contributed by atoms with Crippen molar-refractivity contribution >= 4 is 5.91 Å². The molecule has 0 aromatic carbocycles. The molecule has 0 bridgehead atoms.